The molecule has 5 N–H and O–H groups in total. The molecule has 0 atom stereocenters. The van der Waals surface area contributed by atoms with Crippen LogP contribution in [0.1, 0.15) is 5.56 Å². The van der Waals surface area contributed by atoms with Crippen molar-refractivity contribution in [1.82, 2.24) is 19.9 Å². The number of nitrogens with one attached hydrogen (secondary N) is 1. The maximum Gasteiger partial charge on any atom is 0.224 e. The molecule has 4 aromatic rings. The van der Waals surface area contributed by atoms with E-state index < -0.39 is 0 Å². The van der Waals surface area contributed by atoms with Crippen molar-refractivity contribution in [2.24, 2.45) is 0 Å². The van der Waals surface area contributed by atoms with Gasteiger partial charge in [0.05, 0.1) is 5.39 Å². The highest BCUT2D eigenvalue weighted by Gasteiger charge is 2.07. The molecule has 0 unspecified atom stereocenters. The topological polar surface area (TPSA) is 125 Å². The first-order valence-electron chi connectivity index (χ1n) is 8.39. The van der Waals surface area contributed by atoms with Gasteiger partial charge in [-0.1, -0.05) is 12.1 Å². The van der Waals surface area contributed by atoms with E-state index in [-0.39, 0.29) is 17.6 Å². The molecule has 0 saturated carbocycles. The van der Waals surface area contributed by atoms with Crippen LogP contribution in [-0.2, 0) is 6.54 Å². The fourth-order valence-electron chi connectivity index (χ4n) is 2.54. The zero-order chi connectivity index (χ0) is 19.5. The summed E-state index contributed by atoms with van der Waals surface area (Å²) >= 11 is 0. The molecule has 2 heterocycles. The number of benzene rings is 2. The van der Waals surface area contributed by atoms with E-state index in [1.165, 1.54) is 12.1 Å². The lowest BCUT2D eigenvalue weighted by Crippen LogP contribution is -2.06. The molecular weight excluding hydrogens is 361 g/mol. The number of aromatic nitrogens is 4. The first kappa shape index (κ1) is 17.4. The third-order valence-electron chi connectivity index (χ3n) is 3.92. The van der Waals surface area contributed by atoms with Crippen LogP contribution >= 0.6 is 0 Å². The van der Waals surface area contributed by atoms with Crippen molar-refractivity contribution < 1.29 is 9.13 Å². The molecule has 0 aliphatic carbocycles. The minimum atomic E-state index is -0.304. The van der Waals surface area contributed by atoms with Crippen molar-refractivity contribution >= 4 is 28.7 Å². The first-order valence-corrected chi connectivity index (χ1v) is 8.39. The number of hydrogen-bond acceptors (Lipinski definition) is 8. The Balaban J connectivity index is 1.42. The lowest BCUT2D eigenvalue weighted by atomic mass is 10.2. The number of anilines is 3. The van der Waals surface area contributed by atoms with Crippen LogP contribution in [0.2, 0.25) is 0 Å². The summed E-state index contributed by atoms with van der Waals surface area (Å²) in [5.41, 5.74) is 12.8. The highest BCUT2D eigenvalue weighted by molar-refractivity contribution is 5.85. The standard InChI is InChI=1S/C19H16FN7O/c20-12-3-7-14(8-4-12)28-13-5-1-11(2-6-13)9-23-19-24-10-15-16(21)25-18(22)26-17(15)27-19/h1-8,10H,9H2,(H5,21,22,23,24,25,26,27). The molecule has 0 spiro atoms. The second-order valence-electron chi connectivity index (χ2n) is 5.95. The van der Waals surface area contributed by atoms with Gasteiger partial charge in [0.25, 0.3) is 0 Å². The maximum absolute atomic E-state index is 12.9. The minimum Gasteiger partial charge on any atom is -0.457 e. The van der Waals surface area contributed by atoms with E-state index in [0.29, 0.717) is 35.0 Å². The average Bonchev–Trinajstić information content (AvgIpc) is 2.69. The second kappa shape index (κ2) is 7.31. The van der Waals surface area contributed by atoms with E-state index in [9.17, 15) is 4.39 Å². The average molecular weight is 377 g/mol. The van der Waals surface area contributed by atoms with Gasteiger partial charge in [-0.05, 0) is 42.0 Å². The number of nitrogen functional groups attached to an aromatic ring is 2. The molecule has 9 heteroatoms. The second-order valence-corrected chi connectivity index (χ2v) is 5.95. The predicted molar refractivity (Wildman–Crippen MR) is 104 cm³/mol. The van der Waals surface area contributed by atoms with E-state index in [4.69, 9.17) is 16.2 Å². The normalized spacial score (nSPS) is 10.8. The van der Waals surface area contributed by atoms with Crippen LogP contribution in [0.4, 0.5) is 22.1 Å². The summed E-state index contributed by atoms with van der Waals surface area (Å²) in [6.45, 7) is 0.498. The Kier molecular flexibility index (Phi) is 4.55. The van der Waals surface area contributed by atoms with Gasteiger partial charge in [-0.15, -0.1) is 0 Å². The largest absolute Gasteiger partial charge is 0.457 e. The van der Waals surface area contributed by atoms with Gasteiger partial charge in [0.1, 0.15) is 23.1 Å². The summed E-state index contributed by atoms with van der Waals surface area (Å²) in [6, 6.07) is 13.3. The smallest absolute Gasteiger partial charge is 0.224 e. The van der Waals surface area contributed by atoms with Crippen molar-refractivity contribution in [2.45, 2.75) is 6.54 Å². The van der Waals surface area contributed by atoms with Gasteiger partial charge in [-0.3, -0.25) is 0 Å². The number of nitrogens with two attached hydrogens (primary N) is 2. The molecule has 0 aliphatic heterocycles. The molecule has 8 nitrogen and oxygen atoms in total. The van der Waals surface area contributed by atoms with Crippen molar-refractivity contribution in [1.29, 1.82) is 0 Å². The molecular formula is C19H16FN7O. The number of ether oxygens (including phenoxy) is 1. The monoisotopic (exact) mass is 377 g/mol. The maximum atomic E-state index is 12.9. The van der Waals surface area contributed by atoms with Crippen LogP contribution in [0.3, 0.4) is 0 Å². The number of nitrogens with zero attached hydrogens (tertiary/aromatic N) is 4. The van der Waals surface area contributed by atoms with Gasteiger partial charge in [0.15, 0.2) is 5.65 Å². The lowest BCUT2D eigenvalue weighted by molar-refractivity contribution is 0.480. The Morgan fingerprint density at radius 3 is 2.29 bits per heavy atom. The van der Waals surface area contributed by atoms with Crippen LogP contribution in [0.25, 0.3) is 11.0 Å². The molecule has 2 aromatic heterocycles. The van der Waals surface area contributed by atoms with Crippen molar-refractivity contribution in [3.63, 3.8) is 0 Å². The quantitative estimate of drug-likeness (QED) is 0.484. The molecule has 2 aromatic carbocycles. The molecule has 0 aliphatic rings. The van der Waals surface area contributed by atoms with Gasteiger partial charge in [0, 0.05) is 12.7 Å². The summed E-state index contributed by atoms with van der Waals surface area (Å²) in [7, 11) is 0. The van der Waals surface area contributed by atoms with Crippen molar-refractivity contribution in [3.8, 4) is 11.5 Å². The van der Waals surface area contributed by atoms with Gasteiger partial charge in [-0.2, -0.15) is 15.0 Å². The third kappa shape index (κ3) is 3.88. The summed E-state index contributed by atoms with van der Waals surface area (Å²) in [6.07, 6.45) is 1.55. The third-order valence-corrected chi connectivity index (χ3v) is 3.92. The fraction of sp³-hybridized carbons (Fsp3) is 0.0526. The highest BCUT2D eigenvalue weighted by Crippen LogP contribution is 2.22. The summed E-state index contributed by atoms with van der Waals surface area (Å²) in [5, 5.41) is 3.66. The summed E-state index contributed by atoms with van der Waals surface area (Å²) in [5.74, 6) is 1.62. The van der Waals surface area contributed by atoms with Gasteiger partial charge in [0.2, 0.25) is 11.9 Å². The molecule has 0 fully saturated rings. The molecule has 4 rings (SSSR count). The number of rotatable bonds is 5. The minimum absolute atomic E-state index is 0.0615. The number of hydrogen-bond donors (Lipinski definition) is 3. The van der Waals surface area contributed by atoms with Gasteiger partial charge < -0.3 is 21.5 Å². The highest BCUT2D eigenvalue weighted by atomic mass is 19.1. The van der Waals surface area contributed by atoms with Gasteiger partial charge >= 0.3 is 0 Å². The Bertz CT molecular complexity index is 1120. The number of halogens is 1. The molecule has 0 radical (unpaired) electrons. The zero-order valence-corrected chi connectivity index (χ0v) is 14.6. The SMILES string of the molecule is Nc1nc(N)c2cnc(NCc3ccc(Oc4ccc(F)cc4)cc3)nc2n1. The van der Waals surface area contributed by atoms with Crippen LogP contribution in [0.5, 0.6) is 11.5 Å². The molecule has 140 valence electrons. The van der Waals surface area contributed by atoms with E-state index in [1.807, 2.05) is 24.3 Å². The first-order chi connectivity index (χ1) is 13.6. The van der Waals surface area contributed by atoms with Crippen molar-refractivity contribution in [2.75, 3.05) is 16.8 Å². The Labute approximate surface area is 159 Å². The molecule has 0 saturated heterocycles. The lowest BCUT2D eigenvalue weighted by Gasteiger charge is -2.08. The zero-order valence-electron chi connectivity index (χ0n) is 14.6. The van der Waals surface area contributed by atoms with Crippen LogP contribution in [0.15, 0.2) is 54.7 Å². The predicted octanol–water partition coefficient (Wildman–Crippen LogP) is 3.13. The van der Waals surface area contributed by atoms with Gasteiger partial charge in [-0.25, -0.2) is 9.37 Å². The van der Waals surface area contributed by atoms with E-state index in [0.717, 1.165) is 5.56 Å². The summed E-state index contributed by atoms with van der Waals surface area (Å²) < 4.78 is 18.6. The summed E-state index contributed by atoms with van der Waals surface area (Å²) in [4.78, 5) is 16.5. The molecule has 0 amide bonds. The fourth-order valence-corrected chi connectivity index (χ4v) is 2.54. The Morgan fingerprint density at radius 2 is 1.57 bits per heavy atom. The molecule has 28 heavy (non-hydrogen) atoms. The Morgan fingerprint density at radius 1 is 0.893 bits per heavy atom. The van der Waals surface area contributed by atoms with Crippen LogP contribution in [-0.4, -0.2) is 19.9 Å². The van der Waals surface area contributed by atoms with E-state index in [1.54, 1.807) is 18.3 Å². The number of fused-ring (bicyclic) bond motifs is 1. The van der Waals surface area contributed by atoms with E-state index >= 15 is 0 Å². The Hall–Kier alpha value is -4.01. The molecule has 0 bridgehead atoms. The van der Waals surface area contributed by atoms with Crippen LogP contribution < -0.4 is 21.5 Å². The van der Waals surface area contributed by atoms with Crippen molar-refractivity contribution in [3.05, 3.63) is 66.1 Å². The van der Waals surface area contributed by atoms with E-state index in [2.05, 4.69) is 25.3 Å². The van der Waals surface area contributed by atoms with Crippen LogP contribution in [0, 0.1) is 5.82 Å².